The van der Waals surface area contributed by atoms with Gasteiger partial charge in [-0.15, -0.1) is 0 Å². The van der Waals surface area contributed by atoms with Gasteiger partial charge in [-0.25, -0.2) is 0 Å². The van der Waals surface area contributed by atoms with E-state index in [4.69, 9.17) is 9.31 Å². The fourth-order valence-electron chi connectivity index (χ4n) is 2.08. The Balaban J connectivity index is 2.05. The maximum atomic E-state index is 6.07. The minimum atomic E-state index is -0.333. The highest BCUT2D eigenvalue weighted by Gasteiger charge is 2.52. The molecule has 2 heterocycles. The lowest BCUT2D eigenvalue weighted by molar-refractivity contribution is 0.00578. The standard InChI is InChI=1S/C13H16BNO2S/c1-12(2)13(3,4)17-14(16-12)10-7-5-6-9-8-18-15-11(9)10/h5-8H,1-4H3. The van der Waals surface area contributed by atoms with Gasteiger partial charge in [0.15, 0.2) is 0 Å². The van der Waals surface area contributed by atoms with Crippen molar-refractivity contribution >= 4 is 35.0 Å². The highest BCUT2D eigenvalue weighted by atomic mass is 32.1. The Morgan fingerprint density at radius 3 is 2.44 bits per heavy atom. The van der Waals surface area contributed by atoms with Crippen LogP contribution in [0.4, 0.5) is 0 Å². The molecular weight excluding hydrogens is 245 g/mol. The van der Waals surface area contributed by atoms with Crippen LogP contribution in [0, 0.1) is 0 Å². The molecule has 5 heteroatoms. The summed E-state index contributed by atoms with van der Waals surface area (Å²) in [6, 6.07) is 6.12. The van der Waals surface area contributed by atoms with Gasteiger partial charge in [0.2, 0.25) is 0 Å². The Bertz CT molecular complexity index is 577. The third-order valence-electron chi connectivity index (χ3n) is 3.93. The van der Waals surface area contributed by atoms with Gasteiger partial charge in [0.05, 0.1) is 16.7 Å². The van der Waals surface area contributed by atoms with Crippen LogP contribution in [-0.4, -0.2) is 22.7 Å². The molecule has 0 atom stereocenters. The first-order chi connectivity index (χ1) is 8.41. The quantitative estimate of drug-likeness (QED) is 0.739. The minimum Gasteiger partial charge on any atom is -0.399 e. The summed E-state index contributed by atoms with van der Waals surface area (Å²) < 4.78 is 16.6. The van der Waals surface area contributed by atoms with E-state index < -0.39 is 0 Å². The van der Waals surface area contributed by atoms with E-state index in [2.05, 4.69) is 38.1 Å². The van der Waals surface area contributed by atoms with E-state index in [1.807, 2.05) is 17.5 Å². The Kier molecular flexibility index (Phi) is 2.56. The smallest absolute Gasteiger partial charge is 0.399 e. The highest BCUT2D eigenvalue weighted by molar-refractivity contribution is 7.05. The summed E-state index contributed by atoms with van der Waals surface area (Å²) in [4.78, 5) is 0. The number of nitrogens with zero attached hydrogens (tertiary/aromatic N) is 1. The van der Waals surface area contributed by atoms with E-state index in [-0.39, 0.29) is 18.3 Å². The van der Waals surface area contributed by atoms with Crippen molar-refractivity contribution in [1.82, 2.24) is 4.37 Å². The second kappa shape index (κ2) is 3.79. The van der Waals surface area contributed by atoms with Gasteiger partial charge in [0.1, 0.15) is 0 Å². The number of benzene rings is 1. The van der Waals surface area contributed by atoms with Crippen molar-refractivity contribution < 1.29 is 9.31 Å². The van der Waals surface area contributed by atoms with E-state index in [0.29, 0.717) is 0 Å². The molecule has 18 heavy (non-hydrogen) atoms. The van der Waals surface area contributed by atoms with Crippen LogP contribution >= 0.6 is 11.5 Å². The maximum Gasteiger partial charge on any atom is 0.497 e. The molecule has 0 amide bonds. The predicted octanol–water partition coefficient (Wildman–Crippen LogP) is 2.60. The van der Waals surface area contributed by atoms with E-state index in [1.54, 1.807) is 0 Å². The topological polar surface area (TPSA) is 31.4 Å². The molecule has 0 unspecified atom stereocenters. The van der Waals surface area contributed by atoms with Crippen molar-refractivity contribution in [2.24, 2.45) is 0 Å². The van der Waals surface area contributed by atoms with Crippen LogP contribution in [0.2, 0.25) is 0 Å². The van der Waals surface area contributed by atoms with Crippen LogP contribution in [0.25, 0.3) is 10.9 Å². The summed E-state index contributed by atoms with van der Waals surface area (Å²) in [6.45, 7) is 8.25. The molecule has 94 valence electrons. The monoisotopic (exact) mass is 261 g/mol. The Morgan fingerprint density at radius 2 is 1.78 bits per heavy atom. The minimum absolute atomic E-state index is 0.310. The van der Waals surface area contributed by atoms with E-state index in [0.717, 1.165) is 16.4 Å². The molecule has 0 radical (unpaired) electrons. The fourth-order valence-corrected chi connectivity index (χ4v) is 2.75. The zero-order valence-electron chi connectivity index (χ0n) is 11.1. The average Bonchev–Trinajstić information content (AvgIpc) is 2.81. The van der Waals surface area contributed by atoms with Gasteiger partial charge < -0.3 is 9.31 Å². The Hall–Kier alpha value is -0.905. The van der Waals surface area contributed by atoms with Crippen LogP contribution in [0.3, 0.4) is 0 Å². The highest BCUT2D eigenvalue weighted by Crippen LogP contribution is 2.36. The van der Waals surface area contributed by atoms with Gasteiger partial charge in [-0.05, 0) is 39.2 Å². The van der Waals surface area contributed by atoms with E-state index in [9.17, 15) is 0 Å². The summed E-state index contributed by atoms with van der Waals surface area (Å²) in [5.74, 6) is 0. The molecule has 1 aromatic carbocycles. The molecular formula is C13H16BNO2S. The molecule has 2 aromatic rings. The Morgan fingerprint density at radius 1 is 1.11 bits per heavy atom. The van der Waals surface area contributed by atoms with Gasteiger partial charge in [0.25, 0.3) is 0 Å². The number of hydrogen-bond acceptors (Lipinski definition) is 4. The SMILES string of the molecule is CC1(C)OB(c2cccc3csnc23)OC1(C)C. The first kappa shape index (κ1) is 12.1. The molecule has 3 nitrogen and oxygen atoms in total. The second-order valence-corrected chi connectivity index (χ2v) is 6.32. The first-order valence-corrected chi connectivity index (χ1v) is 6.93. The molecule has 0 N–H and O–H groups in total. The van der Waals surface area contributed by atoms with E-state index in [1.165, 1.54) is 11.5 Å². The molecule has 3 rings (SSSR count). The molecule has 1 aromatic heterocycles. The molecule has 0 spiro atoms. The lowest BCUT2D eigenvalue weighted by Gasteiger charge is -2.32. The fraction of sp³-hybridized carbons (Fsp3) is 0.462. The maximum absolute atomic E-state index is 6.07. The predicted molar refractivity (Wildman–Crippen MR) is 75.3 cm³/mol. The Labute approximate surface area is 111 Å². The summed E-state index contributed by atoms with van der Waals surface area (Å²) in [7, 11) is -0.333. The van der Waals surface area contributed by atoms with Gasteiger partial charge in [-0.2, -0.15) is 4.37 Å². The van der Waals surface area contributed by atoms with E-state index >= 15 is 0 Å². The van der Waals surface area contributed by atoms with Crippen LogP contribution in [-0.2, 0) is 9.31 Å². The molecule has 0 bridgehead atoms. The molecule has 1 aliphatic heterocycles. The summed E-state index contributed by atoms with van der Waals surface area (Å²) in [5.41, 5.74) is 1.39. The number of aromatic nitrogens is 1. The molecule has 1 aliphatic rings. The molecule has 0 aliphatic carbocycles. The third-order valence-corrected chi connectivity index (χ3v) is 4.58. The number of rotatable bonds is 1. The normalized spacial score (nSPS) is 21.7. The van der Waals surface area contributed by atoms with Crippen LogP contribution < -0.4 is 5.46 Å². The third kappa shape index (κ3) is 1.69. The first-order valence-electron chi connectivity index (χ1n) is 6.09. The summed E-state index contributed by atoms with van der Waals surface area (Å²) >= 11 is 1.46. The largest absolute Gasteiger partial charge is 0.497 e. The average molecular weight is 261 g/mol. The van der Waals surface area contributed by atoms with Gasteiger partial charge in [-0.1, -0.05) is 18.2 Å². The summed E-state index contributed by atoms with van der Waals surface area (Å²) in [6.07, 6.45) is 0. The van der Waals surface area contributed by atoms with Crippen molar-refractivity contribution in [2.75, 3.05) is 0 Å². The second-order valence-electron chi connectivity index (χ2n) is 5.69. The van der Waals surface area contributed by atoms with Crippen molar-refractivity contribution in [3.63, 3.8) is 0 Å². The lowest BCUT2D eigenvalue weighted by Crippen LogP contribution is -2.41. The molecule has 1 fully saturated rings. The van der Waals surface area contributed by atoms with Gasteiger partial charge in [0, 0.05) is 16.2 Å². The number of fused-ring (bicyclic) bond motifs is 1. The van der Waals surface area contributed by atoms with Crippen molar-refractivity contribution in [3.05, 3.63) is 23.6 Å². The molecule has 0 saturated carbocycles. The van der Waals surface area contributed by atoms with Crippen molar-refractivity contribution in [1.29, 1.82) is 0 Å². The van der Waals surface area contributed by atoms with Crippen LogP contribution in [0.1, 0.15) is 27.7 Å². The lowest BCUT2D eigenvalue weighted by atomic mass is 9.78. The molecule has 1 saturated heterocycles. The van der Waals surface area contributed by atoms with Gasteiger partial charge >= 0.3 is 7.12 Å². The van der Waals surface area contributed by atoms with Gasteiger partial charge in [-0.3, -0.25) is 0 Å². The van der Waals surface area contributed by atoms with Crippen LogP contribution in [0.15, 0.2) is 23.6 Å². The number of hydrogen-bond donors (Lipinski definition) is 0. The van der Waals surface area contributed by atoms with Crippen LogP contribution in [0.5, 0.6) is 0 Å². The zero-order valence-corrected chi connectivity index (χ0v) is 11.9. The zero-order chi connectivity index (χ0) is 13.0. The van der Waals surface area contributed by atoms with Crippen molar-refractivity contribution in [2.45, 2.75) is 38.9 Å². The van der Waals surface area contributed by atoms with Crippen molar-refractivity contribution in [3.8, 4) is 0 Å². The summed E-state index contributed by atoms with van der Waals surface area (Å²) in [5, 5.41) is 3.19.